The number of carbonyl (C=O) groups is 2. The number of hydrogen-bond donors (Lipinski definition) is 1. The van der Waals surface area contributed by atoms with Gasteiger partial charge >= 0.3 is 5.97 Å². The minimum Gasteiger partial charge on any atom is -0.478 e. The fourth-order valence-corrected chi connectivity index (χ4v) is 1.30. The van der Waals surface area contributed by atoms with Crippen molar-refractivity contribution >= 4 is 23.8 Å². The summed E-state index contributed by atoms with van der Waals surface area (Å²) in [5, 5.41) is 10.4. The van der Waals surface area contributed by atoms with Crippen LogP contribution >= 0.6 is 11.3 Å². The molecule has 0 spiro atoms. The Hall–Kier alpha value is -1.43. The molecular weight excluding hydrogens is 182 g/mol. The molecule has 0 fully saturated rings. The summed E-state index contributed by atoms with van der Waals surface area (Å²) >= 11 is 1.12. The second-order valence-corrected chi connectivity index (χ2v) is 2.75. The van der Waals surface area contributed by atoms with Crippen molar-refractivity contribution in [1.29, 1.82) is 0 Å². The van der Waals surface area contributed by atoms with Crippen LogP contribution < -0.4 is 0 Å². The average molecular weight is 187 g/mol. The van der Waals surface area contributed by atoms with Gasteiger partial charge in [-0.25, -0.2) is 9.78 Å². The molecule has 12 heavy (non-hydrogen) atoms. The summed E-state index contributed by atoms with van der Waals surface area (Å²) < 4.78 is 4.32. The molecule has 1 rings (SSSR count). The Balaban J connectivity index is 2.80. The molecule has 0 aromatic carbocycles. The highest BCUT2D eigenvalue weighted by Gasteiger charge is 2.23. The molecule has 0 aliphatic carbocycles. The van der Waals surface area contributed by atoms with Crippen molar-refractivity contribution in [2.75, 3.05) is 0 Å². The van der Waals surface area contributed by atoms with Gasteiger partial charge in [-0.2, -0.15) is 0 Å². The van der Waals surface area contributed by atoms with Crippen LogP contribution in [0.15, 0.2) is 11.6 Å². The van der Waals surface area contributed by atoms with Gasteiger partial charge in [-0.15, -0.1) is 11.3 Å². The van der Waals surface area contributed by atoms with Gasteiger partial charge in [0, 0.05) is 11.6 Å². The van der Waals surface area contributed by atoms with Crippen LogP contribution in [0.3, 0.4) is 0 Å². The van der Waals surface area contributed by atoms with Crippen molar-refractivity contribution < 1.29 is 19.4 Å². The van der Waals surface area contributed by atoms with E-state index in [0.29, 0.717) is 0 Å². The second kappa shape index (κ2) is 3.82. The van der Waals surface area contributed by atoms with Crippen molar-refractivity contribution in [2.24, 2.45) is 0 Å². The Bertz CT molecular complexity index is 271. The molecule has 1 atom stereocenters. The predicted octanol–water partition coefficient (Wildman–Crippen LogP) is 0.442. The van der Waals surface area contributed by atoms with Gasteiger partial charge in [0.1, 0.15) is 5.01 Å². The van der Waals surface area contributed by atoms with E-state index in [1.165, 1.54) is 6.20 Å². The molecule has 0 saturated heterocycles. The number of aromatic nitrogens is 1. The van der Waals surface area contributed by atoms with E-state index in [4.69, 9.17) is 5.11 Å². The van der Waals surface area contributed by atoms with Gasteiger partial charge in [0.05, 0.1) is 0 Å². The van der Waals surface area contributed by atoms with E-state index in [2.05, 4.69) is 9.72 Å². The summed E-state index contributed by atoms with van der Waals surface area (Å²) in [5.74, 6) is -1.22. The van der Waals surface area contributed by atoms with Crippen LogP contribution in [0.5, 0.6) is 0 Å². The number of carboxylic acids is 1. The monoisotopic (exact) mass is 187 g/mol. The van der Waals surface area contributed by atoms with Gasteiger partial charge in [-0.05, 0) is 0 Å². The lowest BCUT2D eigenvalue weighted by Gasteiger charge is -2.05. The molecule has 64 valence electrons. The summed E-state index contributed by atoms with van der Waals surface area (Å²) in [5.41, 5.74) is 0. The normalized spacial score (nSPS) is 12.0. The number of carbonyl (C=O) groups excluding carboxylic acids is 1. The van der Waals surface area contributed by atoms with Gasteiger partial charge in [-0.3, -0.25) is 4.79 Å². The van der Waals surface area contributed by atoms with Crippen LogP contribution in [0, 0.1) is 0 Å². The van der Waals surface area contributed by atoms with E-state index in [1.807, 2.05) is 0 Å². The highest BCUT2D eigenvalue weighted by molar-refractivity contribution is 7.09. The van der Waals surface area contributed by atoms with E-state index in [-0.39, 0.29) is 11.5 Å². The molecule has 1 unspecified atom stereocenters. The Morgan fingerprint density at radius 3 is 3.00 bits per heavy atom. The molecule has 6 heteroatoms. The molecule has 1 heterocycles. The Morgan fingerprint density at radius 2 is 2.58 bits per heavy atom. The van der Waals surface area contributed by atoms with Crippen LogP contribution in [0.2, 0.25) is 0 Å². The SMILES string of the molecule is O=COC(C(=O)O)c1nccs1. The number of aliphatic carboxylic acids is 1. The van der Waals surface area contributed by atoms with Crippen molar-refractivity contribution in [2.45, 2.75) is 6.10 Å². The van der Waals surface area contributed by atoms with Gasteiger partial charge in [-0.1, -0.05) is 0 Å². The molecular formula is C6H5NO4S. The standard InChI is InChI=1S/C6H5NO4S/c8-3-11-4(6(9)10)5-7-1-2-12-5/h1-4H,(H,9,10). The first kappa shape index (κ1) is 8.66. The predicted molar refractivity (Wildman–Crippen MR) is 39.6 cm³/mol. The lowest BCUT2D eigenvalue weighted by molar-refractivity contribution is -0.156. The third kappa shape index (κ3) is 1.79. The third-order valence-corrected chi connectivity index (χ3v) is 1.91. The van der Waals surface area contributed by atoms with Gasteiger partial charge in [0.15, 0.2) is 0 Å². The summed E-state index contributed by atoms with van der Waals surface area (Å²) in [7, 11) is 0. The molecule has 0 amide bonds. The quantitative estimate of drug-likeness (QED) is 0.692. The molecule has 1 aromatic heterocycles. The molecule has 1 N–H and O–H groups in total. The largest absolute Gasteiger partial charge is 0.478 e. The zero-order valence-electron chi connectivity index (χ0n) is 5.84. The zero-order chi connectivity index (χ0) is 8.97. The van der Waals surface area contributed by atoms with Crippen LogP contribution in [0.25, 0.3) is 0 Å². The summed E-state index contributed by atoms with van der Waals surface area (Å²) in [6.07, 6.45) is 0.173. The molecule has 0 bridgehead atoms. The van der Waals surface area contributed by atoms with Crippen LogP contribution in [-0.2, 0) is 14.3 Å². The topological polar surface area (TPSA) is 76.5 Å². The van der Waals surface area contributed by atoms with E-state index < -0.39 is 12.1 Å². The number of ether oxygens (including phenoxy) is 1. The van der Waals surface area contributed by atoms with Crippen molar-refractivity contribution in [3.8, 4) is 0 Å². The van der Waals surface area contributed by atoms with Crippen LogP contribution in [-0.4, -0.2) is 22.5 Å². The molecule has 0 radical (unpaired) electrons. The van der Waals surface area contributed by atoms with Gasteiger partial charge in [0.25, 0.3) is 6.47 Å². The maximum atomic E-state index is 10.5. The smallest absolute Gasteiger partial charge is 0.352 e. The van der Waals surface area contributed by atoms with E-state index in [1.54, 1.807) is 5.38 Å². The Kier molecular flexibility index (Phi) is 2.76. The highest BCUT2D eigenvalue weighted by atomic mass is 32.1. The number of hydrogen-bond acceptors (Lipinski definition) is 5. The lowest BCUT2D eigenvalue weighted by atomic mass is 10.4. The van der Waals surface area contributed by atoms with E-state index in [9.17, 15) is 9.59 Å². The number of carboxylic acid groups (broad SMARTS) is 1. The zero-order valence-corrected chi connectivity index (χ0v) is 6.65. The number of nitrogens with zero attached hydrogens (tertiary/aromatic N) is 1. The fourth-order valence-electron chi connectivity index (χ4n) is 0.642. The summed E-state index contributed by atoms with van der Waals surface area (Å²) in [6.45, 7) is 0.0974. The lowest BCUT2D eigenvalue weighted by Crippen LogP contribution is -2.14. The van der Waals surface area contributed by atoms with E-state index in [0.717, 1.165) is 11.3 Å². The van der Waals surface area contributed by atoms with E-state index >= 15 is 0 Å². The maximum Gasteiger partial charge on any atom is 0.352 e. The molecule has 0 aliphatic rings. The number of rotatable bonds is 4. The van der Waals surface area contributed by atoms with Gasteiger partial charge in [0.2, 0.25) is 6.10 Å². The van der Waals surface area contributed by atoms with Crippen LogP contribution in [0.4, 0.5) is 0 Å². The van der Waals surface area contributed by atoms with Crippen molar-refractivity contribution in [1.82, 2.24) is 4.98 Å². The first-order valence-corrected chi connectivity index (χ1v) is 3.85. The highest BCUT2D eigenvalue weighted by Crippen LogP contribution is 2.18. The molecule has 5 nitrogen and oxygen atoms in total. The first-order valence-electron chi connectivity index (χ1n) is 2.97. The Labute approximate surface area is 71.6 Å². The van der Waals surface area contributed by atoms with Crippen molar-refractivity contribution in [3.63, 3.8) is 0 Å². The summed E-state index contributed by atoms with van der Waals surface area (Å²) in [6, 6.07) is 0. The molecule has 0 aliphatic heterocycles. The van der Waals surface area contributed by atoms with Gasteiger partial charge < -0.3 is 9.84 Å². The van der Waals surface area contributed by atoms with Crippen molar-refractivity contribution in [3.05, 3.63) is 16.6 Å². The fraction of sp³-hybridized carbons (Fsp3) is 0.167. The van der Waals surface area contributed by atoms with Crippen LogP contribution in [0.1, 0.15) is 11.1 Å². The minimum absolute atomic E-state index is 0.0974. The summed E-state index contributed by atoms with van der Waals surface area (Å²) in [4.78, 5) is 24.1. The molecule has 0 saturated carbocycles. The molecule has 1 aromatic rings. The third-order valence-electron chi connectivity index (χ3n) is 1.09. The Morgan fingerprint density at radius 1 is 1.83 bits per heavy atom. The minimum atomic E-state index is -1.28. The number of thiazole rings is 1. The second-order valence-electron chi connectivity index (χ2n) is 1.82. The average Bonchev–Trinajstić information content (AvgIpc) is 2.51. The first-order chi connectivity index (χ1) is 5.75. The maximum absolute atomic E-state index is 10.5.